The number of carbonyl (C=O) groups excluding carboxylic acids is 3. The SMILES string of the molecule is Cc1cc(NC(=O)C(C)(C)NC(=O)c2ccc(Cl)s2)ccc1C(=O)N1CCCCC1CN1CCCCC1. The number of hydrogen-bond acceptors (Lipinski definition) is 5. The molecule has 0 saturated carbocycles. The lowest BCUT2D eigenvalue weighted by molar-refractivity contribution is -0.120. The van der Waals surface area contributed by atoms with Crippen molar-refractivity contribution in [2.45, 2.75) is 70.9 Å². The quantitative estimate of drug-likeness (QED) is 0.493. The molecule has 1 aromatic heterocycles. The Labute approximate surface area is 228 Å². The van der Waals surface area contributed by atoms with Crippen LogP contribution in [0.2, 0.25) is 4.34 Å². The predicted octanol–water partition coefficient (Wildman–Crippen LogP) is 5.34. The number of rotatable bonds is 7. The van der Waals surface area contributed by atoms with Gasteiger partial charge in [0.05, 0.1) is 9.21 Å². The molecule has 2 N–H and O–H groups in total. The second kappa shape index (κ2) is 12.0. The van der Waals surface area contributed by atoms with Gasteiger partial charge in [-0.3, -0.25) is 14.4 Å². The van der Waals surface area contributed by atoms with Crippen molar-refractivity contribution in [2.75, 3.05) is 31.5 Å². The fraction of sp³-hybridized carbons (Fsp3) is 0.536. The number of nitrogens with one attached hydrogen (secondary N) is 2. The summed E-state index contributed by atoms with van der Waals surface area (Å²) in [5.74, 6) is -0.631. The Morgan fingerprint density at radius 3 is 2.43 bits per heavy atom. The van der Waals surface area contributed by atoms with Crippen LogP contribution in [0.1, 0.15) is 78.0 Å². The van der Waals surface area contributed by atoms with Crippen molar-refractivity contribution >= 4 is 46.3 Å². The van der Waals surface area contributed by atoms with E-state index in [0.717, 1.165) is 62.3 Å². The molecule has 7 nitrogen and oxygen atoms in total. The standard InChI is InChI=1S/C28H37ClN4O3S/c1-19-17-20(30-27(36)28(2,3)31-25(34)23-12-13-24(29)37-23)10-11-22(19)26(35)33-16-8-5-9-21(33)18-32-14-6-4-7-15-32/h10-13,17,21H,4-9,14-16,18H2,1-3H3,(H,30,36)(H,31,34). The van der Waals surface area contributed by atoms with E-state index in [1.54, 1.807) is 38.1 Å². The van der Waals surface area contributed by atoms with Crippen molar-refractivity contribution in [3.8, 4) is 0 Å². The fourth-order valence-electron chi connectivity index (χ4n) is 5.16. The molecular formula is C28H37ClN4O3S. The summed E-state index contributed by atoms with van der Waals surface area (Å²) in [5, 5.41) is 5.65. The van der Waals surface area contributed by atoms with Crippen LogP contribution in [0.4, 0.5) is 5.69 Å². The van der Waals surface area contributed by atoms with Gasteiger partial charge < -0.3 is 20.4 Å². The maximum Gasteiger partial charge on any atom is 0.262 e. The van der Waals surface area contributed by atoms with E-state index in [4.69, 9.17) is 11.6 Å². The number of carbonyl (C=O) groups is 3. The summed E-state index contributed by atoms with van der Waals surface area (Å²) < 4.78 is 0.514. The molecule has 3 amide bonds. The average molecular weight is 545 g/mol. The van der Waals surface area contributed by atoms with E-state index in [1.165, 1.54) is 19.3 Å². The molecule has 0 bridgehead atoms. The van der Waals surface area contributed by atoms with Gasteiger partial charge in [-0.1, -0.05) is 18.0 Å². The molecule has 3 heterocycles. The van der Waals surface area contributed by atoms with Crippen LogP contribution in [0.25, 0.3) is 0 Å². The molecule has 2 aromatic rings. The van der Waals surface area contributed by atoms with E-state index < -0.39 is 5.54 Å². The normalized spacial score (nSPS) is 18.9. The van der Waals surface area contributed by atoms with E-state index in [2.05, 4.69) is 20.4 Å². The van der Waals surface area contributed by atoms with Crippen LogP contribution in [0.5, 0.6) is 0 Å². The summed E-state index contributed by atoms with van der Waals surface area (Å²) in [7, 11) is 0. The molecule has 1 unspecified atom stereocenters. The van der Waals surface area contributed by atoms with Crippen LogP contribution in [0, 0.1) is 6.92 Å². The smallest absolute Gasteiger partial charge is 0.262 e. The molecule has 4 rings (SSSR count). The molecule has 1 aromatic carbocycles. The number of piperidine rings is 2. The maximum absolute atomic E-state index is 13.6. The molecule has 2 aliphatic rings. The predicted molar refractivity (Wildman–Crippen MR) is 150 cm³/mol. The third-order valence-corrected chi connectivity index (χ3v) is 8.54. The van der Waals surface area contributed by atoms with Crippen molar-refractivity contribution in [1.29, 1.82) is 0 Å². The van der Waals surface area contributed by atoms with Gasteiger partial charge in [-0.25, -0.2) is 0 Å². The Morgan fingerprint density at radius 2 is 1.76 bits per heavy atom. The van der Waals surface area contributed by atoms with Crippen LogP contribution in [-0.2, 0) is 4.79 Å². The average Bonchev–Trinajstić information content (AvgIpc) is 3.31. The minimum atomic E-state index is -1.15. The first-order chi connectivity index (χ1) is 17.6. The molecule has 37 heavy (non-hydrogen) atoms. The van der Waals surface area contributed by atoms with Crippen LogP contribution >= 0.6 is 22.9 Å². The minimum Gasteiger partial charge on any atom is -0.337 e. The topological polar surface area (TPSA) is 81.8 Å². The maximum atomic E-state index is 13.6. The Kier molecular flexibility index (Phi) is 8.93. The number of amides is 3. The van der Waals surface area contributed by atoms with Crippen LogP contribution < -0.4 is 10.6 Å². The number of thiophene rings is 1. The first kappa shape index (κ1) is 27.6. The molecule has 2 fully saturated rings. The van der Waals surface area contributed by atoms with Crippen molar-refractivity contribution in [3.05, 3.63) is 50.7 Å². The van der Waals surface area contributed by atoms with Crippen molar-refractivity contribution in [1.82, 2.24) is 15.1 Å². The van der Waals surface area contributed by atoms with E-state index in [-0.39, 0.29) is 23.8 Å². The van der Waals surface area contributed by atoms with E-state index in [0.29, 0.717) is 20.5 Å². The second-order valence-corrected chi connectivity index (χ2v) is 12.4. The summed E-state index contributed by atoms with van der Waals surface area (Å²) >= 11 is 7.09. The van der Waals surface area contributed by atoms with E-state index >= 15 is 0 Å². The number of nitrogens with zero attached hydrogens (tertiary/aromatic N) is 2. The summed E-state index contributed by atoms with van der Waals surface area (Å²) in [6, 6.07) is 8.93. The zero-order valence-electron chi connectivity index (χ0n) is 21.9. The Hall–Kier alpha value is -2.42. The highest BCUT2D eigenvalue weighted by molar-refractivity contribution is 7.18. The molecule has 9 heteroatoms. The van der Waals surface area contributed by atoms with Gasteiger partial charge in [0.25, 0.3) is 11.8 Å². The van der Waals surface area contributed by atoms with Crippen LogP contribution in [0.3, 0.4) is 0 Å². The first-order valence-corrected chi connectivity index (χ1v) is 14.4. The molecule has 0 spiro atoms. The highest BCUT2D eigenvalue weighted by atomic mass is 35.5. The number of hydrogen-bond donors (Lipinski definition) is 2. The molecular weight excluding hydrogens is 508 g/mol. The molecule has 200 valence electrons. The zero-order valence-corrected chi connectivity index (χ0v) is 23.5. The van der Waals surface area contributed by atoms with Crippen molar-refractivity contribution in [2.24, 2.45) is 0 Å². The number of anilines is 1. The lowest BCUT2D eigenvalue weighted by Gasteiger charge is -2.40. The lowest BCUT2D eigenvalue weighted by Crippen LogP contribution is -2.52. The van der Waals surface area contributed by atoms with Crippen LogP contribution in [-0.4, -0.2) is 65.3 Å². The number of halogens is 1. The van der Waals surface area contributed by atoms with Crippen molar-refractivity contribution in [3.63, 3.8) is 0 Å². The molecule has 2 aliphatic heterocycles. The summed E-state index contributed by atoms with van der Waals surface area (Å²) in [4.78, 5) is 44.1. The van der Waals surface area contributed by atoms with E-state index in [1.807, 2.05) is 13.0 Å². The number of benzene rings is 1. The van der Waals surface area contributed by atoms with Gasteiger partial charge in [0.1, 0.15) is 5.54 Å². The van der Waals surface area contributed by atoms with Crippen molar-refractivity contribution < 1.29 is 14.4 Å². The van der Waals surface area contributed by atoms with Gasteiger partial charge in [-0.2, -0.15) is 0 Å². The van der Waals surface area contributed by atoms with Gasteiger partial charge in [0.15, 0.2) is 0 Å². The molecule has 0 aliphatic carbocycles. The summed E-state index contributed by atoms with van der Waals surface area (Å²) in [5.41, 5.74) is 0.931. The summed E-state index contributed by atoms with van der Waals surface area (Å²) in [6.07, 6.45) is 7.05. The monoisotopic (exact) mass is 544 g/mol. The molecule has 1 atom stereocenters. The lowest BCUT2D eigenvalue weighted by atomic mass is 9.98. The molecule has 2 saturated heterocycles. The number of likely N-dealkylation sites (tertiary alicyclic amines) is 2. The van der Waals surface area contributed by atoms with Gasteiger partial charge in [-0.15, -0.1) is 11.3 Å². The Bertz CT molecular complexity index is 1140. The summed E-state index contributed by atoms with van der Waals surface area (Å²) in [6.45, 7) is 9.21. The van der Waals surface area contributed by atoms with Gasteiger partial charge in [0.2, 0.25) is 5.91 Å². The van der Waals surface area contributed by atoms with Gasteiger partial charge >= 0.3 is 0 Å². The number of aryl methyl sites for hydroxylation is 1. The fourth-order valence-corrected chi connectivity index (χ4v) is 6.10. The first-order valence-electron chi connectivity index (χ1n) is 13.2. The largest absolute Gasteiger partial charge is 0.337 e. The zero-order chi connectivity index (χ0) is 26.6. The molecule has 0 radical (unpaired) electrons. The second-order valence-electron chi connectivity index (χ2n) is 10.7. The van der Waals surface area contributed by atoms with Gasteiger partial charge in [0, 0.05) is 30.4 Å². The van der Waals surface area contributed by atoms with Crippen LogP contribution in [0.15, 0.2) is 30.3 Å². The van der Waals surface area contributed by atoms with E-state index in [9.17, 15) is 14.4 Å². The third kappa shape index (κ3) is 6.92. The highest BCUT2D eigenvalue weighted by Crippen LogP contribution is 2.25. The Morgan fingerprint density at radius 1 is 1.03 bits per heavy atom. The third-order valence-electron chi connectivity index (χ3n) is 7.31. The minimum absolute atomic E-state index is 0.0688. The Balaban J connectivity index is 1.40. The highest BCUT2D eigenvalue weighted by Gasteiger charge is 2.32. The van der Waals surface area contributed by atoms with Gasteiger partial charge in [-0.05, 0) is 102 Å².